The summed E-state index contributed by atoms with van der Waals surface area (Å²) in [4.78, 5) is 12.0. The molecule has 0 atom stereocenters. The van der Waals surface area contributed by atoms with Gasteiger partial charge in [0.15, 0.2) is 11.6 Å². The summed E-state index contributed by atoms with van der Waals surface area (Å²) in [6, 6.07) is 0. The van der Waals surface area contributed by atoms with Crippen LogP contribution in [-0.4, -0.2) is 57.1 Å². The van der Waals surface area contributed by atoms with Crippen LogP contribution in [0.25, 0.3) is 0 Å². The van der Waals surface area contributed by atoms with E-state index in [1.165, 1.54) is 0 Å². The fraction of sp³-hybridized carbons (Fsp3) is 0.833. The average Bonchev–Trinajstić information content (AvgIpc) is 2.89. The summed E-state index contributed by atoms with van der Waals surface area (Å²) in [5.41, 5.74) is 0. The maximum atomic E-state index is 12.0. The number of tetrazole rings is 1. The number of carbonyl (C=O) groups excluding carboxylic acids is 1. The monoisotopic (exact) mass is 333 g/mol. The van der Waals surface area contributed by atoms with E-state index in [9.17, 15) is 4.79 Å². The number of Topliss-reactive ketones (excluding diaryl/α,β-unsaturated/α-hetero) is 1. The van der Waals surface area contributed by atoms with E-state index in [2.05, 4.69) is 41.4 Å². The molecule has 0 aliphatic heterocycles. The highest BCUT2D eigenvalue weighted by Gasteiger charge is 2.24. The summed E-state index contributed by atoms with van der Waals surface area (Å²) >= 11 is 0. The van der Waals surface area contributed by atoms with Crippen LogP contribution in [0, 0.1) is 0 Å². The highest BCUT2D eigenvalue weighted by atomic mass is 79.9. The van der Waals surface area contributed by atoms with Gasteiger partial charge in [-0.3, -0.25) is 4.79 Å². The number of hydrogen-bond acceptors (Lipinski definition) is 4. The Morgan fingerprint density at radius 2 is 1.84 bits per heavy atom. The van der Waals surface area contributed by atoms with Gasteiger partial charge in [-0.05, 0) is 27.2 Å². The van der Waals surface area contributed by atoms with Crippen molar-refractivity contribution in [2.75, 3.05) is 26.2 Å². The minimum Gasteiger partial charge on any atom is -1.00 e. The lowest BCUT2D eigenvalue weighted by atomic mass is 10.1. The zero-order valence-electron chi connectivity index (χ0n) is 12.0. The highest BCUT2D eigenvalue weighted by molar-refractivity contribution is 5.79. The number of aromatic nitrogens is 4. The van der Waals surface area contributed by atoms with Crippen LogP contribution in [0.15, 0.2) is 0 Å². The maximum Gasteiger partial charge on any atom is 0.186 e. The van der Waals surface area contributed by atoms with E-state index in [0.29, 0.717) is 31.0 Å². The Bertz CT molecular complexity index is 343. The first kappa shape index (κ1) is 18.2. The maximum absolute atomic E-state index is 12.0. The van der Waals surface area contributed by atoms with E-state index in [4.69, 9.17) is 0 Å². The van der Waals surface area contributed by atoms with Crippen LogP contribution in [0.4, 0.5) is 0 Å². The fourth-order valence-corrected chi connectivity index (χ4v) is 2.19. The van der Waals surface area contributed by atoms with Gasteiger partial charge in [0, 0.05) is 12.8 Å². The number of rotatable bonds is 9. The quantitative estimate of drug-likeness (QED) is 0.529. The first-order valence-corrected chi connectivity index (χ1v) is 6.75. The van der Waals surface area contributed by atoms with Crippen molar-refractivity contribution in [3.63, 3.8) is 0 Å². The van der Waals surface area contributed by atoms with Crippen molar-refractivity contribution >= 4 is 5.78 Å². The standard InChI is InChI=1S/C12H24N5O.BrH/c1-4-17(5-2,6-3)10-11(18)8-7-9-12-13-15-16-14-12;/h4-10H2,1-3H3,(H,13,14,15,16);1H/q+1;/p-1. The summed E-state index contributed by atoms with van der Waals surface area (Å²) in [7, 11) is 0. The van der Waals surface area contributed by atoms with Gasteiger partial charge in [-0.25, -0.2) is 0 Å². The summed E-state index contributed by atoms with van der Waals surface area (Å²) in [5.74, 6) is 1.02. The lowest BCUT2D eigenvalue weighted by Gasteiger charge is -2.35. The molecule has 6 nitrogen and oxygen atoms in total. The third-order valence-electron chi connectivity index (χ3n) is 3.77. The number of ketones is 1. The minimum absolute atomic E-state index is 0. The minimum atomic E-state index is 0. The van der Waals surface area contributed by atoms with Crippen LogP contribution < -0.4 is 17.0 Å². The third-order valence-corrected chi connectivity index (χ3v) is 3.77. The highest BCUT2D eigenvalue weighted by Crippen LogP contribution is 2.08. The van der Waals surface area contributed by atoms with Crippen molar-refractivity contribution in [2.45, 2.75) is 40.0 Å². The fourth-order valence-electron chi connectivity index (χ4n) is 2.19. The number of halogens is 1. The first-order chi connectivity index (χ1) is 8.65. The average molecular weight is 334 g/mol. The van der Waals surface area contributed by atoms with Gasteiger partial charge >= 0.3 is 0 Å². The molecular weight excluding hydrogens is 310 g/mol. The van der Waals surface area contributed by atoms with Gasteiger partial charge in [0.1, 0.15) is 6.54 Å². The summed E-state index contributed by atoms with van der Waals surface area (Å²) in [6.45, 7) is 10.2. The van der Waals surface area contributed by atoms with E-state index >= 15 is 0 Å². The van der Waals surface area contributed by atoms with E-state index in [1.807, 2.05) is 0 Å². The van der Waals surface area contributed by atoms with Crippen LogP contribution in [0.5, 0.6) is 0 Å². The molecule has 0 saturated heterocycles. The molecule has 0 amide bonds. The normalized spacial score (nSPS) is 11.1. The Hall–Kier alpha value is -0.820. The molecule has 1 heterocycles. The molecule has 0 aliphatic carbocycles. The summed E-state index contributed by atoms with van der Waals surface area (Å²) in [5, 5.41) is 13.7. The van der Waals surface area contributed by atoms with Gasteiger partial charge in [0.25, 0.3) is 0 Å². The predicted octanol–water partition coefficient (Wildman–Crippen LogP) is -2.03. The van der Waals surface area contributed by atoms with E-state index < -0.39 is 0 Å². The largest absolute Gasteiger partial charge is 1.00 e. The molecule has 110 valence electrons. The number of nitrogens with zero attached hydrogens (tertiary/aromatic N) is 4. The molecule has 1 N–H and O–H groups in total. The number of likely N-dealkylation sites (N-methyl/N-ethyl adjacent to an activating group) is 1. The van der Waals surface area contributed by atoms with Gasteiger partial charge < -0.3 is 21.5 Å². The molecule has 0 spiro atoms. The van der Waals surface area contributed by atoms with E-state index in [0.717, 1.165) is 30.5 Å². The molecule has 0 unspecified atom stereocenters. The van der Waals surface area contributed by atoms with Crippen molar-refractivity contribution < 1.29 is 26.3 Å². The van der Waals surface area contributed by atoms with Crippen molar-refractivity contribution in [1.29, 1.82) is 0 Å². The molecule has 0 aliphatic rings. The molecule has 0 bridgehead atoms. The molecule has 7 heteroatoms. The van der Waals surface area contributed by atoms with Crippen molar-refractivity contribution in [1.82, 2.24) is 20.6 Å². The lowest BCUT2D eigenvalue weighted by molar-refractivity contribution is -0.915. The lowest BCUT2D eigenvalue weighted by Crippen LogP contribution is -3.00. The molecule has 1 aromatic heterocycles. The zero-order valence-corrected chi connectivity index (χ0v) is 13.6. The number of carbonyl (C=O) groups is 1. The molecule has 0 saturated carbocycles. The second-order valence-electron chi connectivity index (χ2n) is 4.67. The number of aryl methyl sites for hydroxylation is 1. The second-order valence-corrected chi connectivity index (χ2v) is 4.67. The van der Waals surface area contributed by atoms with Gasteiger partial charge in [-0.15, -0.1) is 10.2 Å². The van der Waals surface area contributed by atoms with Crippen molar-refractivity contribution in [3.05, 3.63) is 5.82 Å². The summed E-state index contributed by atoms with van der Waals surface area (Å²) < 4.78 is 0.890. The predicted molar refractivity (Wildman–Crippen MR) is 68.9 cm³/mol. The number of quaternary nitrogens is 1. The van der Waals surface area contributed by atoms with E-state index in [1.54, 1.807) is 0 Å². The van der Waals surface area contributed by atoms with Gasteiger partial charge in [0.05, 0.1) is 19.6 Å². The van der Waals surface area contributed by atoms with Crippen LogP contribution in [0.2, 0.25) is 0 Å². The summed E-state index contributed by atoms with van der Waals surface area (Å²) in [6.07, 6.45) is 2.12. The Balaban J connectivity index is 0.00000324. The molecule has 0 radical (unpaired) electrons. The molecular formula is C12H24BrN5O. The smallest absolute Gasteiger partial charge is 0.186 e. The molecule has 0 fully saturated rings. The van der Waals surface area contributed by atoms with Gasteiger partial charge in [-0.1, -0.05) is 5.21 Å². The molecule has 1 rings (SSSR count). The zero-order chi connectivity index (χ0) is 13.4. The van der Waals surface area contributed by atoms with Gasteiger partial charge in [-0.2, -0.15) is 5.21 Å². The van der Waals surface area contributed by atoms with Crippen LogP contribution >= 0.6 is 0 Å². The Kier molecular flexibility index (Phi) is 8.75. The number of nitrogens with one attached hydrogen (secondary N) is 1. The second kappa shape index (κ2) is 9.14. The molecule has 19 heavy (non-hydrogen) atoms. The number of aromatic amines is 1. The molecule has 0 aromatic carbocycles. The van der Waals surface area contributed by atoms with Crippen LogP contribution in [-0.2, 0) is 11.2 Å². The van der Waals surface area contributed by atoms with Crippen molar-refractivity contribution in [2.24, 2.45) is 0 Å². The van der Waals surface area contributed by atoms with Crippen molar-refractivity contribution in [3.8, 4) is 0 Å². The Morgan fingerprint density at radius 1 is 1.21 bits per heavy atom. The Morgan fingerprint density at radius 3 is 2.32 bits per heavy atom. The Labute approximate surface area is 125 Å². The first-order valence-electron chi connectivity index (χ1n) is 6.75. The van der Waals surface area contributed by atoms with E-state index in [-0.39, 0.29) is 17.0 Å². The topological polar surface area (TPSA) is 71.5 Å². The SMILES string of the molecule is CC[N+](CC)(CC)CC(=O)CCCc1nn[nH]n1.[Br-]. The van der Waals surface area contributed by atoms with Crippen LogP contribution in [0.1, 0.15) is 39.4 Å². The number of H-pyrrole nitrogens is 1. The number of hydrogen-bond donors (Lipinski definition) is 1. The third kappa shape index (κ3) is 5.78. The molecule has 1 aromatic rings. The van der Waals surface area contributed by atoms with Gasteiger partial charge in [0.2, 0.25) is 0 Å². The van der Waals surface area contributed by atoms with Crippen LogP contribution in [0.3, 0.4) is 0 Å².